The van der Waals surface area contributed by atoms with Crippen LogP contribution in [0.5, 0.6) is 0 Å². The summed E-state index contributed by atoms with van der Waals surface area (Å²) in [7, 11) is 0. The first-order valence-corrected chi connectivity index (χ1v) is 6.11. The highest BCUT2D eigenvalue weighted by Crippen LogP contribution is 2.14. The molecule has 106 valence electrons. The number of benzene rings is 2. The number of hydrogen-bond acceptors (Lipinski definition) is 3. The number of anilines is 1. The quantitative estimate of drug-likeness (QED) is 0.871. The van der Waals surface area contributed by atoms with Crippen LogP contribution in [0.4, 0.5) is 10.1 Å². The standard InChI is InChI=1S/C16H12FNO3/c17-12-8-5-11(6-9-12)7-10-15(19)18-14-4-2-1-3-13(14)16(20)21/h1-10H,(H,18,19)(H,20,21)/p-1. The second-order valence-corrected chi connectivity index (χ2v) is 4.21. The molecule has 0 aromatic heterocycles. The van der Waals surface area contributed by atoms with Gasteiger partial charge in [-0.05, 0) is 29.8 Å². The molecule has 0 heterocycles. The minimum atomic E-state index is -1.37. The Morgan fingerprint density at radius 3 is 2.38 bits per heavy atom. The van der Waals surface area contributed by atoms with E-state index in [0.29, 0.717) is 5.56 Å². The summed E-state index contributed by atoms with van der Waals surface area (Å²) in [5, 5.41) is 13.4. The van der Waals surface area contributed by atoms with Gasteiger partial charge in [0.15, 0.2) is 0 Å². The lowest BCUT2D eigenvalue weighted by molar-refractivity contribution is -0.254. The van der Waals surface area contributed by atoms with E-state index in [2.05, 4.69) is 5.32 Å². The second kappa shape index (κ2) is 6.47. The van der Waals surface area contributed by atoms with Gasteiger partial charge in [0.1, 0.15) is 5.82 Å². The van der Waals surface area contributed by atoms with Crippen LogP contribution in [0.2, 0.25) is 0 Å². The predicted octanol–water partition coefficient (Wildman–Crippen LogP) is 1.84. The van der Waals surface area contributed by atoms with Crippen LogP contribution in [-0.2, 0) is 4.79 Å². The molecule has 0 bridgehead atoms. The van der Waals surface area contributed by atoms with E-state index < -0.39 is 11.9 Å². The number of para-hydroxylation sites is 1. The first-order chi connectivity index (χ1) is 10.1. The average Bonchev–Trinajstić information content (AvgIpc) is 2.47. The summed E-state index contributed by atoms with van der Waals surface area (Å²) >= 11 is 0. The number of rotatable bonds is 4. The van der Waals surface area contributed by atoms with Gasteiger partial charge in [-0.1, -0.05) is 30.3 Å². The summed E-state index contributed by atoms with van der Waals surface area (Å²) in [6, 6.07) is 11.6. The number of nitrogens with one attached hydrogen (secondary N) is 1. The maximum Gasteiger partial charge on any atom is 0.248 e. The van der Waals surface area contributed by atoms with Crippen molar-refractivity contribution in [2.75, 3.05) is 5.32 Å². The van der Waals surface area contributed by atoms with Crippen molar-refractivity contribution in [3.8, 4) is 0 Å². The highest BCUT2D eigenvalue weighted by atomic mass is 19.1. The number of halogens is 1. The topological polar surface area (TPSA) is 69.2 Å². The zero-order chi connectivity index (χ0) is 15.2. The highest BCUT2D eigenvalue weighted by molar-refractivity contribution is 6.05. The SMILES string of the molecule is O=C(C=Cc1ccc(F)cc1)Nc1ccccc1C(=O)[O-]. The van der Waals surface area contributed by atoms with Crippen molar-refractivity contribution in [1.29, 1.82) is 0 Å². The van der Waals surface area contributed by atoms with Crippen molar-refractivity contribution in [1.82, 2.24) is 0 Å². The summed E-state index contributed by atoms with van der Waals surface area (Å²) in [6.45, 7) is 0. The van der Waals surface area contributed by atoms with Crippen LogP contribution in [0, 0.1) is 5.82 Å². The molecule has 0 radical (unpaired) electrons. The molecule has 0 spiro atoms. The Morgan fingerprint density at radius 1 is 1.05 bits per heavy atom. The fourth-order valence-electron chi connectivity index (χ4n) is 1.69. The predicted molar refractivity (Wildman–Crippen MR) is 74.8 cm³/mol. The lowest BCUT2D eigenvalue weighted by Crippen LogP contribution is -2.24. The van der Waals surface area contributed by atoms with Crippen molar-refractivity contribution in [3.05, 3.63) is 71.6 Å². The molecule has 0 saturated carbocycles. The number of carbonyl (C=O) groups is 2. The summed E-state index contributed by atoms with van der Waals surface area (Å²) in [4.78, 5) is 22.6. The summed E-state index contributed by atoms with van der Waals surface area (Å²) in [5.41, 5.74) is 0.715. The Kier molecular flexibility index (Phi) is 4.46. The monoisotopic (exact) mass is 284 g/mol. The van der Waals surface area contributed by atoms with Gasteiger partial charge in [-0.3, -0.25) is 4.79 Å². The average molecular weight is 284 g/mol. The molecule has 2 aromatic rings. The molecule has 5 heteroatoms. The Labute approximate surface area is 120 Å². The maximum atomic E-state index is 12.7. The zero-order valence-corrected chi connectivity index (χ0v) is 10.9. The van der Waals surface area contributed by atoms with E-state index in [-0.39, 0.29) is 17.1 Å². The van der Waals surface area contributed by atoms with Crippen LogP contribution in [-0.4, -0.2) is 11.9 Å². The van der Waals surface area contributed by atoms with Crippen molar-refractivity contribution in [2.45, 2.75) is 0 Å². The van der Waals surface area contributed by atoms with Gasteiger partial charge in [0, 0.05) is 11.6 Å². The van der Waals surface area contributed by atoms with Crippen molar-refractivity contribution in [2.24, 2.45) is 0 Å². The van der Waals surface area contributed by atoms with Gasteiger partial charge in [0.2, 0.25) is 5.91 Å². The molecule has 0 saturated heterocycles. The van der Waals surface area contributed by atoms with Gasteiger partial charge >= 0.3 is 0 Å². The van der Waals surface area contributed by atoms with Crippen LogP contribution >= 0.6 is 0 Å². The smallest absolute Gasteiger partial charge is 0.248 e. The van der Waals surface area contributed by atoms with Crippen LogP contribution in [0.3, 0.4) is 0 Å². The number of carbonyl (C=O) groups excluding carboxylic acids is 2. The normalized spacial score (nSPS) is 10.5. The van der Waals surface area contributed by atoms with E-state index >= 15 is 0 Å². The van der Waals surface area contributed by atoms with Crippen LogP contribution in [0.15, 0.2) is 54.6 Å². The first kappa shape index (κ1) is 14.5. The van der Waals surface area contributed by atoms with Crippen molar-refractivity contribution >= 4 is 23.6 Å². The van der Waals surface area contributed by atoms with E-state index in [9.17, 15) is 19.1 Å². The van der Waals surface area contributed by atoms with Gasteiger partial charge in [-0.2, -0.15) is 0 Å². The zero-order valence-electron chi connectivity index (χ0n) is 10.9. The number of amides is 1. The molecular weight excluding hydrogens is 273 g/mol. The van der Waals surface area contributed by atoms with Gasteiger partial charge in [0.25, 0.3) is 0 Å². The van der Waals surface area contributed by atoms with Crippen molar-refractivity contribution < 1.29 is 19.1 Å². The Hall–Kier alpha value is -2.95. The fourth-order valence-corrected chi connectivity index (χ4v) is 1.69. The Balaban J connectivity index is 2.08. The third-order valence-corrected chi connectivity index (χ3v) is 2.70. The number of carboxylic acids is 1. The minimum Gasteiger partial charge on any atom is -0.545 e. The van der Waals surface area contributed by atoms with Crippen LogP contribution in [0.25, 0.3) is 6.08 Å². The Bertz CT molecular complexity index is 693. The van der Waals surface area contributed by atoms with E-state index in [1.54, 1.807) is 6.07 Å². The maximum absolute atomic E-state index is 12.7. The largest absolute Gasteiger partial charge is 0.545 e. The highest BCUT2D eigenvalue weighted by Gasteiger charge is 2.04. The minimum absolute atomic E-state index is 0.0963. The van der Waals surface area contributed by atoms with Crippen LogP contribution in [0.1, 0.15) is 15.9 Å². The molecule has 0 atom stereocenters. The lowest BCUT2D eigenvalue weighted by Gasteiger charge is -2.09. The second-order valence-electron chi connectivity index (χ2n) is 4.21. The van der Waals surface area contributed by atoms with Gasteiger partial charge < -0.3 is 15.2 Å². The van der Waals surface area contributed by atoms with E-state index in [1.165, 1.54) is 54.6 Å². The molecule has 0 fully saturated rings. The third kappa shape index (κ3) is 4.01. The molecule has 21 heavy (non-hydrogen) atoms. The van der Waals surface area contributed by atoms with Crippen molar-refractivity contribution in [3.63, 3.8) is 0 Å². The lowest BCUT2D eigenvalue weighted by atomic mass is 10.1. The molecule has 4 nitrogen and oxygen atoms in total. The molecular formula is C16H11FNO3-. The summed E-state index contributed by atoms with van der Waals surface area (Å²) < 4.78 is 12.7. The molecule has 0 unspecified atom stereocenters. The van der Waals surface area contributed by atoms with E-state index in [4.69, 9.17) is 0 Å². The van der Waals surface area contributed by atoms with Gasteiger partial charge in [0.05, 0.1) is 11.7 Å². The number of hydrogen-bond donors (Lipinski definition) is 1. The van der Waals surface area contributed by atoms with Crippen LogP contribution < -0.4 is 10.4 Å². The molecule has 2 rings (SSSR count). The van der Waals surface area contributed by atoms with Gasteiger partial charge in [-0.25, -0.2) is 4.39 Å². The van der Waals surface area contributed by atoms with Gasteiger partial charge in [-0.15, -0.1) is 0 Å². The molecule has 1 amide bonds. The molecule has 0 aliphatic heterocycles. The molecule has 1 N–H and O–H groups in total. The number of aromatic carboxylic acids is 1. The third-order valence-electron chi connectivity index (χ3n) is 2.70. The first-order valence-electron chi connectivity index (χ1n) is 6.11. The molecule has 0 aliphatic rings. The fraction of sp³-hybridized carbons (Fsp3) is 0. The van der Waals surface area contributed by atoms with E-state index in [0.717, 1.165) is 0 Å². The number of carboxylic acid groups (broad SMARTS) is 1. The molecule has 0 aliphatic carbocycles. The summed E-state index contributed by atoms with van der Waals surface area (Å²) in [6.07, 6.45) is 2.73. The van der Waals surface area contributed by atoms with E-state index in [1.807, 2.05) is 0 Å². The summed E-state index contributed by atoms with van der Waals surface area (Å²) in [5.74, 6) is -2.22. The molecule has 2 aromatic carbocycles. The Morgan fingerprint density at radius 2 is 1.71 bits per heavy atom.